The van der Waals surface area contributed by atoms with Gasteiger partial charge in [-0.3, -0.25) is 0 Å². The molecule has 2 aromatic heterocycles. The van der Waals surface area contributed by atoms with E-state index in [0.29, 0.717) is 5.69 Å². The highest BCUT2D eigenvalue weighted by molar-refractivity contribution is 7.16. The van der Waals surface area contributed by atoms with Crippen molar-refractivity contribution in [2.24, 2.45) is 0 Å². The quantitative estimate of drug-likeness (QED) is 0.677. The highest BCUT2D eigenvalue weighted by Crippen LogP contribution is 2.33. The van der Waals surface area contributed by atoms with Gasteiger partial charge in [-0.25, -0.2) is 9.97 Å². The van der Waals surface area contributed by atoms with Crippen LogP contribution in [0.1, 0.15) is 5.69 Å². The Hall–Kier alpha value is -1.88. The first-order valence-corrected chi connectivity index (χ1v) is 5.65. The minimum atomic E-state index is 0.278. The number of aromatic hydroxyl groups is 1. The summed E-state index contributed by atoms with van der Waals surface area (Å²) in [5.74, 6) is 0. The number of H-pyrrole nitrogens is 1. The molecular weight excluding hydrogens is 222 g/mol. The van der Waals surface area contributed by atoms with E-state index in [1.54, 1.807) is 13.3 Å². The van der Waals surface area contributed by atoms with Crippen LogP contribution >= 0.6 is 11.3 Å². The van der Waals surface area contributed by atoms with E-state index in [0.717, 1.165) is 21.6 Å². The second-order valence-corrected chi connectivity index (χ2v) is 4.52. The van der Waals surface area contributed by atoms with Crippen LogP contribution in [0.25, 0.3) is 21.6 Å². The van der Waals surface area contributed by atoms with Gasteiger partial charge in [-0.15, -0.1) is 0 Å². The van der Waals surface area contributed by atoms with E-state index in [1.165, 1.54) is 11.3 Å². The fourth-order valence-corrected chi connectivity index (χ4v) is 2.38. The lowest BCUT2D eigenvalue weighted by atomic mass is 10.2. The number of aromatic nitrogens is 3. The zero-order valence-electron chi connectivity index (χ0n) is 8.56. The van der Waals surface area contributed by atoms with Gasteiger partial charge in [0, 0.05) is 5.56 Å². The standard InChI is InChI=1S/C11H9N3OS/c1-6-11(15)16-10(14-6)7-2-3-8-9(4-7)13-5-12-8/h2-5,15H,1H3,(H,12,13). The van der Waals surface area contributed by atoms with E-state index in [1.807, 2.05) is 18.2 Å². The van der Waals surface area contributed by atoms with Gasteiger partial charge < -0.3 is 10.1 Å². The van der Waals surface area contributed by atoms with Crippen LogP contribution in [0.2, 0.25) is 0 Å². The van der Waals surface area contributed by atoms with Gasteiger partial charge in [0.25, 0.3) is 0 Å². The fourth-order valence-electron chi connectivity index (χ4n) is 1.58. The number of rotatable bonds is 1. The fraction of sp³-hybridized carbons (Fsp3) is 0.0909. The summed E-state index contributed by atoms with van der Waals surface area (Å²) in [5, 5.41) is 10.6. The molecule has 0 aliphatic rings. The van der Waals surface area contributed by atoms with Crippen LogP contribution in [0.3, 0.4) is 0 Å². The third-order valence-electron chi connectivity index (χ3n) is 2.44. The number of hydrogen-bond donors (Lipinski definition) is 2. The number of aryl methyl sites for hydroxylation is 1. The summed E-state index contributed by atoms with van der Waals surface area (Å²) in [5.41, 5.74) is 3.57. The van der Waals surface area contributed by atoms with Gasteiger partial charge in [-0.05, 0) is 25.1 Å². The van der Waals surface area contributed by atoms with Crippen LogP contribution in [-0.2, 0) is 0 Å². The van der Waals surface area contributed by atoms with Crippen LogP contribution in [0, 0.1) is 6.92 Å². The summed E-state index contributed by atoms with van der Waals surface area (Å²) in [6.45, 7) is 1.80. The van der Waals surface area contributed by atoms with Crippen molar-refractivity contribution in [2.75, 3.05) is 0 Å². The summed E-state index contributed by atoms with van der Waals surface area (Å²) in [4.78, 5) is 11.5. The smallest absolute Gasteiger partial charge is 0.195 e. The molecule has 0 atom stereocenters. The molecule has 0 bridgehead atoms. The summed E-state index contributed by atoms with van der Waals surface area (Å²) in [6, 6.07) is 5.88. The Kier molecular flexibility index (Phi) is 1.94. The lowest BCUT2D eigenvalue weighted by molar-refractivity contribution is 0.485. The first kappa shape index (κ1) is 9.35. The molecule has 2 N–H and O–H groups in total. The molecule has 1 aromatic carbocycles. The Morgan fingerprint density at radius 3 is 3.00 bits per heavy atom. The third-order valence-corrected chi connectivity index (χ3v) is 3.45. The molecule has 3 aromatic rings. The van der Waals surface area contributed by atoms with Crippen LogP contribution < -0.4 is 0 Å². The number of fused-ring (bicyclic) bond motifs is 1. The predicted molar refractivity (Wildman–Crippen MR) is 63.6 cm³/mol. The topological polar surface area (TPSA) is 61.8 Å². The van der Waals surface area contributed by atoms with Crippen LogP contribution in [0.15, 0.2) is 24.5 Å². The molecule has 0 aliphatic carbocycles. The first-order valence-electron chi connectivity index (χ1n) is 4.84. The van der Waals surface area contributed by atoms with E-state index in [-0.39, 0.29) is 5.06 Å². The SMILES string of the molecule is Cc1nc(-c2ccc3nc[nH]c3c2)sc1O. The van der Waals surface area contributed by atoms with E-state index in [9.17, 15) is 5.11 Å². The zero-order chi connectivity index (χ0) is 11.1. The largest absolute Gasteiger partial charge is 0.498 e. The third kappa shape index (κ3) is 1.37. The minimum Gasteiger partial charge on any atom is -0.498 e. The number of aromatic amines is 1. The van der Waals surface area contributed by atoms with Crippen molar-refractivity contribution in [3.63, 3.8) is 0 Å². The first-order chi connectivity index (χ1) is 7.74. The van der Waals surface area contributed by atoms with E-state index in [4.69, 9.17) is 0 Å². The van der Waals surface area contributed by atoms with Crippen molar-refractivity contribution in [3.05, 3.63) is 30.2 Å². The monoisotopic (exact) mass is 231 g/mol. The number of hydrogen-bond acceptors (Lipinski definition) is 4. The summed E-state index contributed by atoms with van der Waals surface area (Å²) < 4.78 is 0. The molecule has 5 heteroatoms. The molecule has 4 nitrogen and oxygen atoms in total. The lowest BCUT2D eigenvalue weighted by Crippen LogP contribution is -1.77. The highest BCUT2D eigenvalue weighted by atomic mass is 32.1. The van der Waals surface area contributed by atoms with Crippen molar-refractivity contribution in [3.8, 4) is 15.6 Å². The van der Waals surface area contributed by atoms with Gasteiger partial charge in [0.2, 0.25) is 0 Å². The Morgan fingerprint density at radius 2 is 2.25 bits per heavy atom. The van der Waals surface area contributed by atoms with E-state index >= 15 is 0 Å². The van der Waals surface area contributed by atoms with Crippen molar-refractivity contribution in [1.82, 2.24) is 15.0 Å². The van der Waals surface area contributed by atoms with Crippen LogP contribution in [-0.4, -0.2) is 20.1 Å². The van der Waals surface area contributed by atoms with Gasteiger partial charge in [-0.1, -0.05) is 11.3 Å². The molecule has 0 spiro atoms. The number of benzene rings is 1. The number of nitrogens with zero attached hydrogens (tertiary/aromatic N) is 2. The lowest BCUT2D eigenvalue weighted by Gasteiger charge is -1.95. The van der Waals surface area contributed by atoms with Gasteiger partial charge in [0.15, 0.2) is 5.06 Å². The van der Waals surface area contributed by atoms with E-state index in [2.05, 4.69) is 15.0 Å². The number of nitrogens with one attached hydrogen (secondary N) is 1. The Labute approximate surface area is 95.6 Å². The molecule has 0 radical (unpaired) electrons. The Balaban J connectivity index is 2.17. The van der Waals surface area contributed by atoms with Crippen molar-refractivity contribution >= 4 is 22.4 Å². The molecule has 0 amide bonds. The molecule has 0 fully saturated rings. The summed E-state index contributed by atoms with van der Waals surface area (Å²) in [6.07, 6.45) is 1.67. The molecule has 0 saturated heterocycles. The van der Waals surface area contributed by atoms with Gasteiger partial charge in [-0.2, -0.15) is 0 Å². The molecule has 0 saturated carbocycles. The average molecular weight is 231 g/mol. The van der Waals surface area contributed by atoms with Crippen molar-refractivity contribution in [2.45, 2.75) is 6.92 Å². The Bertz CT molecular complexity index is 637. The number of imidazole rings is 1. The number of thiazole rings is 1. The molecular formula is C11H9N3OS. The second kappa shape index (κ2) is 3.31. The normalized spacial score (nSPS) is 11.1. The van der Waals surface area contributed by atoms with Crippen molar-refractivity contribution in [1.29, 1.82) is 0 Å². The highest BCUT2D eigenvalue weighted by Gasteiger charge is 2.08. The molecule has 3 rings (SSSR count). The van der Waals surface area contributed by atoms with Gasteiger partial charge >= 0.3 is 0 Å². The van der Waals surface area contributed by atoms with Crippen LogP contribution in [0.5, 0.6) is 5.06 Å². The predicted octanol–water partition coefficient (Wildman–Crippen LogP) is 2.70. The summed E-state index contributed by atoms with van der Waals surface area (Å²) >= 11 is 1.29. The van der Waals surface area contributed by atoms with Gasteiger partial charge in [0.05, 0.1) is 23.1 Å². The van der Waals surface area contributed by atoms with Crippen molar-refractivity contribution < 1.29 is 5.11 Å². The van der Waals surface area contributed by atoms with Crippen LogP contribution in [0.4, 0.5) is 0 Å². The zero-order valence-corrected chi connectivity index (χ0v) is 9.38. The average Bonchev–Trinajstić information content (AvgIpc) is 2.85. The maximum atomic E-state index is 9.51. The molecule has 2 heterocycles. The second-order valence-electron chi connectivity index (χ2n) is 3.54. The summed E-state index contributed by atoms with van der Waals surface area (Å²) in [7, 11) is 0. The molecule has 0 unspecified atom stereocenters. The minimum absolute atomic E-state index is 0.278. The maximum absolute atomic E-state index is 9.51. The Morgan fingerprint density at radius 1 is 1.38 bits per heavy atom. The molecule has 16 heavy (non-hydrogen) atoms. The molecule has 0 aliphatic heterocycles. The maximum Gasteiger partial charge on any atom is 0.195 e. The van der Waals surface area contributed by atoms with E-state index < -0.39 is 0 Å². The van der Waals surface area contributed by atoms with Gasteiger partial charge in [0.1, 0.15) is 5.01 Å². The molecule has 80 valence electrons.